The number of hydrazone groups is 1. The summed E-state index contributed by atoms with van der Waals surface area (Å²) in [5.41, 5.74) is 3.36. The predicted octanol–water partition coefficient (Wildman–Crippen LogP) is 3.89. The van der Waals surface area contributed by atoms with E-state index in [2.05, 4.69) is 21.8 Å². The first-order valence-corrected chi connectivity index (χ1v) is 11.7. The van der Waals surface area contributed by atoms with Crippen LogP contribution in [0.15, 0.2) is 81.9 Å². The highest BCUT2D eigenvalue weighted by Gasteiger charge is 2.19. The van der Waals surface area contributed by atoms with E-state index in [0.717, 1.165) is 11.3 Å². The molecule has 0 aliphatic heterocycles. The Morgan fingerprint density at radius 3 is 2.69 bits per heavy atom. The van der Waals surface area contributed by atoms with Crippen LogP contribution in [0.4, 0.5) is 5.69 Å². The standard InChI is InChI=1S/C22H21N3O5S2/c1-3-12-30-19-11-10-16(14-20(19)29-2)15-23-24-22(26)17-7-4-5-8-18(17)25-32(27,28)21-9-6-13-31-21/h3-11,13-15,25H,1,12H2,2H3,(H,24,26)/b23-15+. The van der Waals surface area contributed by atoms with E-state index in [1.54, 1.807) is 47.9 Å². The first-order chi connectivity index (χ1) is 15.4. The van der Waals surface area contributed by atoms with Crippen LogP contribution in [0.3, 0.4) is 0 Å². The van der Waals surface area contributed by atoms with Gasteiger partial charge in [-0.1, -0.05) is 30.9 Å². The maximum Gasteiger partial charge on any atom is 0.273 e. The van der Waals surface area contributed by atoms with E-state index in [4.69, 9.17) is 9.47 Å². The van der Waals surface area contributed by atoms with Gasteiger partial charge in [0.05, 0.1) is 24.6 Å². The third-order valence-electron chi connectivity index (χ3n) is 4.10. The molecule has 10 heteroatoms. The van der Waals surface area contributed by atoms with Gasteiger partial charge in [-0.2, -0.15) is 5.10 Å². The molecule has 0 aliphatic rings. The van der Waals surface area contributed by atoms with Crippen molar-refractivity contribution in [3.05, 3.63) is 83.8 Å². The molecule has 1 heterocycles. The molecule has 0 saturated carbocycles. The summed E-state index contributed by atoms with van der Waals surface area (Å²) in [5.74, 6) is 0.500. The summed E-state index contributed by atoms with van der Waals surface area (Å²) >= 11 is 1.08. The van der Waals surface area contributed by atoms with Crippen molar-refractivity contribution < 1.29 is 22.7 Å². The second-order valence-electron chi connectivity index (χ2n) is 6.29. The summed E-state index contributed by atoms with van der Waals surface area (Å²) in [5, 5.41) is 5.62. The van der Waals surface area contributed by atoms with Crippen molar-refractivity contribution in [1.82, 2.24) is 5.43 Å². The fourth-order valence-corrected chi connectivity index (χ4v) is 4.71. The van der Waals surface area contributed by atoms with Crippen molar-refractivity contribution in [2.75, 3.05) is 18.4 Å². The Balaban J connectivity index is 1.72. The fourth-order valence-electron chi connectivity index (χ4n) is 2.64. The van der Waals surface area contributed by atoms with E-state index in [1.165, 1.54) is 31.5 Å². The number of thiophene rings is 1. The number of nitrogens with one attached hydrogen (secondary N) is 2. The molecule has 0 spiro atoms. The monoisotopic (exact) mass is 471 g/mol. The van der Waals surface area contributed by atoms with Crippen molar-refractivity contribution in [3.63, 3.8) is 0 Å². The SMILES string of the molecule is C=CCOc1ccc(/C=N/NC(=O)c2ccccc2NS(=O)(=O)c2cccs2)cc1OC. The van der Waals surface area contributed by atoms with Crippen LogP contribution in [0.2, 0.25) is 0 Å². The summed E-state index contributed by atoms with van der Waals surface area (Å²) in [7, 11) is -2.27. The number of hydrogen-bond acceptors (Lipinski definition) is 7. The van der Waals surface area contributed by atoms with Crippen molar-refractivity contribution in [2.24, 2.45) is 5.10 Å². The third kappa shape index (κ3) is 5.74. The first-order valence-electron chi connectivity index (χ1n) is 9.35. The van der Waals surface area contributed by atoms with Crippen LogP contribution in [0.25, 0.3) is 0 Å². The first kappa shape index (κ1) is 23.0. The summed E-state index contributed by atoms with van der Waals surface area (Å²) < 4.78 is 38.4. The number of benzene rings is 2. The molecule has 1 aromatic heterocycles. The quantitative estimate of drug-likeness (QED) is 0.265. The Kier molecular flexibility index (Phi) is 7.63. The number of carbonyl (C=O) groups is 1. The number of rotatable bonds is 10. The van der Waals surface area contributed by atoms with Gasteiger partial charge in [-0.15, -0.1) is 11.3 Å². The lowest BCUT2D eigenvalue weighted by atomic mass is 10.2. The van der Waals surface area contributed by atoms with Crippen LogP contribution in [-0.4, -0.2) is 34.3 Å². The lowest BCUT2D eigenvalue weighted by molar-refractivity contribution is 0.0956. The van der Waals surface area contributed by atoms with Crippen LogP contribution >= 0.6 is 11.3 Å². The summed E-state index contributed by atoms with van der Waals surface area (Å²) in [6, 6.07) is 14.6. The third-order valence-corrected chi connectivity index (χ3v) is 6.86. The topological polar surface area (TPSA) is 106 Å². The number of sulfonamides is 1. The molecule has 0 fully saturated rings. The van der Waals surface area contributed by atoms with Crippen molar-refractivity contribution >= 4 is 39.2 Å². The van der Waals surface area contributed by atoms with Gasteiger partial charge in [0.15, 0.2) is 11.5 Å². The smallest absolute Gasteiger partial charge is 0.273 e. The molecule has 32 heavy (non-hydrogen) atoms. The summed E-state index contributed by atoms with van der Waals surface area (Å²) in [6.07, 6.45) is 3.07. The van der Waals surface area contributed by atoms with Crippen LogP contribution in [-0.2, 0) is 10.0 Å². The molecule has 0 bridgehead atoms. The minimum absolute atomic E-state index is 0.135. The van der Waals surface area contributed by atoms with E-state index in [-0.39, 0.29) is 15.5 Å². The van der Waals surface area contributed by atoms with Gasteiger partial charge >= 0.3 is 0 Å². The average molecular weight is 472 g/mol. The van der Waals surface area contributed by atoms with E-state index in [0.29, 0.717) is 23.7 Å². The van der Waals surface area contributed by atoms with Crippen LogP contribution in [0.1, 0.15) is 15.9 Å². The molecule has 2 aromatic carbocycles. The molecule has 8 nitrogen and oxygen atoms in total. The van der Waals surface area contributed by atoms with Crippen molar-refractivity contribution in [2.45, 2.75) is 4.21 Å². The highest BCUT2D eigenvalue weighted by Crippen LogP contribution is 2.27. The molecule has 3 rings (SSSR count). The molecule has 1 amide bonds. The molecular weight excluding hydrogens is 450 g/mol. The Morgan fingerprint density at radius 1 is 1.16 bits per heavy atom. The average Bonchev–Trinajstić information content (AvgIpc) is 3.34. The maximum atomic E-state index is 12.6. The van der Waals surface area contributed by atoms with Gasteiger partial charge in [-0.25, -0.2) is 13.8 Å². The molecule has 3 aromatic rings. The molecular formula is C22H21N3O5S2. The molecule has 0 atom stereocenters. The predicted molar refractivity (Wildman–Crippen MR) is 125 cm³/mol. The van der Waals surface area contributed by atoms with Crippen LogP contribution < -0.4 is 19.6 Å². The zero-order valence-electron chi connectivity index (χ0n) is 17.1. The van der Waals surface area contributed by atoms with Gasteiger partial charge in [0, 0.05) is 0 Å². The Morgan fingerprint density at radius 2 is 1.97 bits per heavy atom. The second kappa shape index (κ2) is 10.6. The maximum absolute atomic E-state index is 12.6. The van der Waals surface area contributed by atoms with E-state index in [1.807, 2.05) is 0 Å². The Bertz CT molecular complexity index is 1220. The molecule has 0 unspecified atom stereocenters. The molecule has 0 radical (unpaired) electrons. The number of para-hydroxylation sites is 1. The van der Waals surface area contributed by atoms with E-state index >= 15 is 0 Å². The number of amides is 1. The zero-order valence-corrected chi connectivity index (χ0v) is 18.8. The van der Waals surface area contributed by atoms with Crippen LogP contribution in [0, 0.1) is 0 Å². The van der Waals surface area contributed by atoms with Gasteiger partial charge < -0.3 is 9.47 Å². The lowest BCUT2D eigenvalue weighted by Gasteiger charge is -2.11. The largest absolute Gasteiger partial charge is 0.493 e. The molecule has 2 N–H and O–H groups in total. The number of anilines is 1. The van der Waals surface area contributed by atoms with E-state index < -0.39 is 15.9 Å². The zero-order chi connectivity index (χ0) is 23.0. The van der Waals surface area contributed by atoms with Gasteiger partial charge in [0.2, 0.25) is 0 Å². The van der Waals surface area contributed by atoms with Gasteiger partial charge in [-0.3, -0.25) is 9.52 Å². The number of ether oxygens (including phenoxy) is 2. The number of carbonyl (C=O) groups excluding carboxylic acids is 1. The molecule has 0 aliphatic carbocycles. The number of nitrogens with zero attached hydrogens (tertiary/aromatic N) is 1. The normalized spacial score (nSPS) is 11.2. The highest BCUT2D eigenvalue weighted by molar-refractivity contribution is 7.94. The highest BCUT2D eigenvalue weighted by atomic mass is 32.2. The number of hydrogen-bond donors (Lipinski definition) is 2. The minimum atomic E-state index is -3.79. The second-order valence-corrected chi connectivity index (χ2v) is 9.15. The van der Waals surface area contributed by atoms with Crippen molar-refractivity contribution in [1.29, 1.82) is 0 Å². The van der Waals surface area contributed by atoms with Gasteiger partial charge in [0.25, 0.3) is 15.9 Å². The van der Waals surface area contributed by atoms with Crippen molar-refractivity contribution in [3.8, 4) is 11.5 Å². The Hall–Kier alpha value is -3.63. The fraction of sp³-hybridized carbons (Fsp3) is 0.0909. The minimum Gasteiger partial charge on any atom is -0.493 e. The van der Waals surface area contributed by atoms with Gasteiger partial charge in [-0.05, 0) is 47.3 Å². The molecule has 0 saturated heterocycles. The lowest BCUT2D eigenvalue weighted by Crippen LogP contribution is -2.21. The molecule has 166 valence electrons. The Labute approximate surface area is 190 Å². The summed E-state index contributed by atoms with van der Waals surface area (Å²) in [4.78, 5) is 12.6. The van der Waals surface area contributed by atoms with E-state index in [9.17, 15) is 13.2 Å². The summed E-state index contributed by atoms with van der Waals surface area (Å²) in [6.45, 7) is 3.95. The van der Waals surface area contributed by atoms with Gasteiger partial charge in [0.1, 0.15) is 10.8 Å². The number of methoxy groups -OCH3 is 1. The van der Waals surface area contributed by atoms with Crippen LogP contribution in [0.5, 0.6) is 11.5 Å².